The van der Waals surface area contributed by atoms with Crippen molar-refractivity contribution in [2.45, 2.75) is 116 Å². The molecule has 1 unspecified atom stereocenters. The Balaban J connectivity index is 1.48. The van der Waals surface area contributed by atoms with Crippen LogP contribution in [0.3, 0.4) is 0 Å². The number of ether oxygens (including phenoxy) is 1. The second-order valence-corrected chi connectivity index (χ2v) is 11.3. The van der Waals surface area contributed by atoms with Gasteiger partial charge < -0.3 is 25.9 Å². The van der Waals surface area contributed by atoms with Gasteiger partial charge >= 0.3 is 5.69 Å². The van der Waals surface area contributed by atoms with Gasteiger partial charge in [-0.1, -0.05) is 96.5 Å². The molecule has 0 bridgehead atoms. The molecule has 1 aliphatic rings. The molecule has 3 atom stereocenters. The summed E-state index contributed by atoms with van der Waals surface area (Å²) in [6.07, 6.45) is 21.3. The summed E-state index contributed by atoms with van der Waals surface area (Å²) in [6.45, 7) is 4.09. The summed E-state index contributed by atoms with van der Waals surface area (Å²) in [5, 5.41) is 0. The molecule has 0 spiro atoms. The van der Waals surface area contributed by atoms with Crippen LogP contribution in [-0.4, -0.2) is 36.4 Å². The molecule has 8 nitrogen and oxygen atoms in total. The van der Waals surface area contributed by atoms with Crippen molar-refractivity contribution >= 4 is 15.0 Å². The van der Waals surface area contributed by atoms with Crippen molar-refractivity contribution in [1.29, 1.82) is 0 Å². The van der Waals surface area contributed by atoms with Crippen LogP contribution < -0.4 is 11.2 Å². The highest BCUT2D eigenvalue weighted by molar-refractivity contribution is 7.79. The van der Waals surface area contributed by atoms with Crippen molar-refractivity contribution in [2.75, 3.05) is 13.2 Å². The molecule has 0 fully saturated rings. The number of aromatic nitrogens is 2. The van der Waals surface area contributed by atoms with E-state index in [-0.39, 0.29) is 6.61 Å². The number of aryl methyl sites for hydroxylation is 1. The van der Waals surface area contributed by atoms with Crippen LogP contribution in [0.4, 0.5) is 0 Å². The molecule has 1 aromatic rings. The highest BCUT2D eigenvalue weighted by atomic mass is 31.2. The summed E-state index contributed by atoms with van der Waals surface area (Å²) in [4.78, 5) is 25.8. The molecule has 203 valence electrons. The van der Waals surface area contributed by atoms with E-state index in [1.165, 1.54) is 81.4 Å². The van der Waals surface area contributed by atoms with Crippen molar-refractivity contribution < 1.29 is 18.3 Å². The normalized spacial score (nSPS) is 19.1. The molecular formula is C26H44BN2O6P-. The van der Waals surface area contributed by atoms with Crippen LogP contribution in [0, 0.1) is 6.92 Å². The van der Waals surface area contributed by atoms with E-state index in [4.69, 9.17) is 21.4 Å². The minimum atomic E-state index is -3.68. The first-order valence-electron chi connectivity index (χ1n) is 13.7. The number of nitrogens with zero attached hydrogens (tertiary/aromatic N) is 1. The third-order valence-electron chi connectivity index (χ3n) is 6.41. The largest absolute Gasteiger partial charge is 0.444 e. The molecule has 2 heterocycles. The topological polar surface area (TPSA) is 99.6 Å². The fraction of sp³-hybridized carbons (Fsp3) is 0.769. The maximum Gasteiger partial charge on any atom is 0.330 e. The Hall–Kier alpha value is -1.41. The molecule has 1 N–H and O–H groups in total. The third kappa shape index (κ3) is 12.2. The number of H-pyrrole nitrogens is 1. The highest BCUT2D eigenvalue weighted by Crippen LogP contribution is 2.43. The van der Waals surface area contributed by atoms with Crippen LogP contribution >= 0.6 is 7.47 Å². The quantitative estimate of drug-likeness (QED) is 0.0963. The second-order valence-electron chi connectivity index (χ2n) is 9.69. The van der Waals surface area contributed by atoms with Crippen LogP contribution in [0.1, 0.15) is 109 Å². The van der Waals surface area contributed by atoms with Crippen LogP contribution in [-0.2, 0) is 18.3 Å². The van der Waals surface area contributed by atoms with Crippen molar-refractivity contribution in [2.24, 2.45) is 0 Å². The van der Waals surface area contributed by atoms with Gasteiger partial charge in [-0.05, 0) is 19.4 Å². The molecule has 0 amide bonds. The zero-order valence-electron chi connectivity index (χ0n) is 22.1. The average Bonchev–Trinajstić information content (AvgIpc) is 3.31. The molecule has 0 saturated heterocycles. The van der Waals surface area contributed by atoms with Gasteiger partial charge in [0.2, 0.25) is 0 Å². The first-order chi connectivity index (χ1) is 17.3. The summed E-state index contributed by atoms with van der Waals surface area (Å²) in [5.41, 5.74) is -0.601. The van der Waals surface area contributed by atoms with Gasteiger partial charge in [0, 0.05) is 11.8 Å². The van der Waals surface area contributed by atoms with Crippen LogP contribution in [0.2, 0.25) is 0 Å². The fourth-order valence-electron chi connectivity index (χ4n) is 4.22. The highest BCUT2D eigenvalue weighted by Gasteiger charge is 2.23. The molecule has 3 radical (unpaired) electrons. The lowest BCUT2D eigenvalue weighted by molar-refractivity contribution is -0.00741. The number of unbranched alkanes of at least 4 members (excludes halogenated alkanes) is 13. The van der Waals surface area contributed by atoms with E-state index in [1.807, 2.05) is 0 Å². The van der Waals surface area contributed by atoms with Crippen molar-refractivity contribution in [3.05, 3.63) is 44.8 Å². The zero-order valence-corrected chi connectivity index (χ0v) is 23.0. The van der Waals surface area contributed by atoms with Crippen molar-refractivity contribution in [3.8, 4) is 0 Å². The zero-order chi connectivity index (χ0) is 26.2. The number of hydrogen-bond donors (Lipinski definition) is 1. The SMILES string of the molecule is [B-]P(=O)(OCCCCCCCCCCCCCCCC)OC[C@@H]1C=C[C@H](n2cc(C)c(=O)[nH]c2=O)O1. The number of hydrogen-bond acceptors (Lipinski definition) is 6. The van der Waals surface area contributed by atoms with Gasteiger partial charge in [0.25, 0.3) is 5.56 Å². The minimum absolute atomic E-state index is 0.0589. The number of rotatable bonds is 20. The summed E-state index contributed by atoms with van der Waals surface area (Å²) < 4.78 is 29.9. The second kappa shape index (κ2) is 17.2. The standard InChI is InChI=1S/C26H44BN2O6P/c1-3-4-5-6-7-8-9-10-11-12-13-14-15-16-19-33-36(27,32)34-21-23-17-18-24(35-23)29-20-22(2)25(30)28-26(29)31/h17-18,20,23-24H,3-16,19,21H2,1-2H3,(H,28,30,31)/q-1/t23-,24+,36?/m0/s1. The molecule has 10 heteroatoms. The molecule has 2 rings (SSSR count). The Morgan fingerprint density at radius 3 is 2.06 bits per heavy atom. The number of nitrogens with one attached hydrogen (secondary N) is 1. The Morgan fingerprint density at radius 2 is 1.47 bits per heavy atom. The van der Waals surface area contributed by atoms with Crippen LogP contribution in [0.5, 0.6) is 0 Å². The van der Waals surface area contributed by atoms with Gasteiger partial charge in [-0.3, -0.25) is 14.3 Å². The molecule has 1 aliphatic heterocycles. The average molecular weight is 522 g/mol. The summed E-state index contributed by atoms with van der Waals surface area (Å²) in [7, 11) is 2.02. The molecule has 0 saturated carbocycles. The first-order valence-corrected chi connectivity index (χ1v) is 15.3. The van der Waals surface area contributed by atoms with E-state index in [0.29, 0.717) is 12.2 Å². The van der Waals surface area contributed by atoms with Gasteiger partial charge in [-0.2, -0.15) is 0 Å². The molecular weight excluding hydrogens is 478 g/mol. The molecule has 1 aromatic heterocycles. The van der Waals surface area contributed by atoms with Crippen LogP contribution in [0.15, 0.2) is 27.9 Å². The van der Waals surface area contributed by atoms with Crippen molar-refractivity contribution in [1.82, 2.24) is 9.55 Å². The van der Waals surface area contributed by atoms with Crippen molar-refractivity contribution in [3.63, 3.8) is 0 Å². The Labute approximate surface area is 217 Å². The Kier molecular flexibility index (Phi) is 14.7. The van der Waals surface area contributed by atoms with Crippen LogP contribution in [0.25, 0.3) is 0 Å². The molecule has 0 aromatic carbocycles. The maximum atomic E-state index is 12.4. The molecule has 36 heavy (non-hydrogen) atoms. The van der Waals surface area contributed by atoms with E-state index in [2.05, 4.69) is 11.9 Å². The Morgan fingerprint density at radius 1 is 0.917 bits per heavy atom. The predicted molar refractivity (Wildman–Crippen MR) is 145 cm³/mol. The fourth-order valence-corrected chi connectivity index (χ4v) is 5.03. The van der Waals surface area contributed by atoms with Gasteiger partial charge in [0.15, 0.2) is 6.23 Å². The molecule has 0 aliphatic carbocycles. The number of aromatic amines is 1. The maximum absolute atomic E-state index is 12.4. The van der Waals surface area contributed by atoms with E-state index < -0.39 is 31.1 Å². The minimum Gasteiger partial charge on any atom is -0.444 e. The van der Waals surface area contributed by atoms with Gasteiger partial charge in [-0.15, -0.1) is 0 Å². The van der Waals surface area contributed by atoms with E-state index in [9.17, 15) is 14.2 Å². The summed E-state index contributed by atoms with van der Waals surface area (Å²) in [5.74, 6) is 0. The third-order valence-corrected chi connectivity index (χ3v) is 7.46. The van der Waals surface area contributed by atoms with Gasteiger partial charge in [0.05, 0.1) is 20.7 Å². The lowest BCUT2D eigenvalue weighted by atomic mass is 10.0. The predicted octanol–water partition coefficient (Wildman–Crippen LogP) is 6.09. The lowest BCUT2D eigenvalue weighted by Gasteiger charge is -2.28. The summed E-state index contributed by atoms with van der Waals surface area (Å²) >= 11 is 0. The van der Waals surface area contributed by atoms with Gasteiger partial charge in [0.1, 0.15) is 6.10 Å². The van der Waals surface area contributed by atoms with Gasteiger partial charge in [-0.25, -0.2) is 4.79 Å². The monoisotopic (exact) mass is 522 g/mol. The smallest absolute Gasteiger partial charge is 0.330 e. The van der Waals surface area contributed by atoms with E-state index in [1.54, 1.807) is 19.1 Å². The van der Waals surface area contributed by atoms with E-state index >= 15 is 0 Å². The lowest BCUT2D eigenvalue weighted by Crippen LogP contribution is -2.33. The first kappa shape index (κ1) is 30.8. The summed E-state index contributed by atoms with van der Waals surface area (Å²) in [6, 6.07) is 0. The van der Waals surface area contributed by atoms with E-state index in [0.717, 1.165) is 19.3 Å². The Bertz CT molecular complexity index is 947.